The van der Waals surface area contributed by atoms with Gasteiger partial charge in [-0.3, -0.25) is 4.98 Å². The third kappa shape index (κ3) is 1.36. The highest BCUT2D eigenvalue weighted by Crippen LogP contribution is 2.16. The van der Waals surface area contributed by atoms with Crippen molar-refractivity contribution in [1.29, 1.82) is 5.26 Å². The summed E-state index contributed by atoms with van der Waals surface area (Å²) in [5, 5.41) is 9.68. The predicted octanol–water partition coefficient (Wildman–Crippen LogP) is 2.30. The van der Waals surface area contributed by atoms with Gasteiger partial charge in [0.15, 0.2) is 0 Å². The number of pyridine rings is 1. The van der Waals surface area contributed by atoms with Gasteiger partial charge in [0.25, 0.3) is 0 Å². The molecule has 0 aliphatic carbocycles. The molecule has 0 saturated carbocycles. The van der Waals surface area contributed by atoms with Crippen molar-refractivity contribution in [3.8, 4) is 6.07 Å². The van der Waals surface area contributed by atoms with Gasteiger partial charge < -0.3 is 0 Å². The molecule has 0 saturated heterocycles. The average molecular weight is 168 g/mol. The van der Waals surface area contributed by atoms with Crippen molar-refractivity contribution in [2.24, 2.45) is 0 Å². The van der Waals surface area contributed by atoms with Gasteiger partial charge >= 0.3 is 0 Å². The van der Waals surface area contributed by atoms with E-state index in [0.717, 1.165) is 16.5 Å². The van der Waals surface area contributed by atoms with E-state index in [-0.39, 0.29) is 0 Å². The number of nitriles is 1. The maximum absolute atomic E-state index is 8.61. The molecule has 1 heterocycles. The van der Waals surface area contributed by atoms with Crippen LogP contribution in [0.1, 0.15) is 5.56 Å². The van der Waals surface area contributed by atoms with Crippen LogP contribution in [0.3, 0.4) is 0 Å². The van der Waals surface area contributed by atoms with Crippen molar-refractivity contribution in [2.45, 2.75) is 6.42 Å². The molecular formula is C11H8N2. The van der Waals surface area contributed by atoms with E-state index in [2.05, 4.69) is 11.1 Å². The number of fused-ring (bicyclic) bond motifs is 1. The molecule has 0 amide bonds. The van der Waals surface area contributed by atoms with E-state index in [1.807, 2.05) is 30.3 Å². The van der Waals surface area contributed by atoms with Crippen LogP contribution >= 0.6 is 0 Å². The largest absolute Gasteiger partial charge is 0.256 e. The van der Waals surface area contributed by atoms with Gasteiger partial charge in [-0.05, 0) is 17.7 Å². The van der Waals surface area contributed by atoms with E-state index in [0.29, 0.717) is 6.42 Å². The van der Waals surface area contributed by atoms with Gasteiger partial charge in [0.1, 0.15) is 0 Å². The van der Waals surface area contributed by atoms with Gasteiger partial charge in [-0.25, -0.2) is 0 Å². The Labute approximate surface area is 76.5 Å². The Morgan fingerprint density at radius 3 is 3.00 bits per heavy atom. The SMILES string of the molecule is N#CCc1cccc2ncccc12. The molecule has 2 rings (SSSR count). The summed E-state index contributed by atoms with van der Waals surface area (Å²) >= 11 is 0. The third-order valence-electron chi connectivity index (χ3n) is 2.01. The van der Waals surface area contributed by atoms with E-state index >= 15 is 0 Å². The van der Waals surface area contributed by atoms with E-state index < -0.39 is 0 Å². The van der Waals surface area contributed by atoms with Crippen LogP contribution in [0, 0.1) is 11.3 Å². The molecule has 2 aromatic rings. The van der Waals surface area contributed by atoms with Gasteiger partial charge in [-0.2, -0.15) is 5.26 Å². The molecule has 0 atom stereocenters. The Balaban J connectivity index is 2.70. The van der Waals surface area contributed by atoms with Crippen LogP contribution in [0.25, 0.3) is 10.9 Å². The Hall–Kier alpha value is -1.88. The molecule has 0 N–H and O–H groups in total. The van der Waals surface area contributed by atoms with Gasteiger partial charge in [0.2, 0.25) is 0 Å². The lowest BCUT2D eigenvalue weighted by Crippen LogP contribution is -1.85. The van der Waals surface area contributed by atoms with E-state index in [4.69, 9.17) is 5.26 Å². The Morgan fingerprint density at radius 2 is 2.15 bits per heavy atom. The summed E-state index contributed by atoms with van der Waals surface area (Å²) in [6, 6.07) is 11.9. The highest BCUT2D eigenvalue weighted by molar-refractivity contribution is 5.82. The Kier molecular flexibility index (Phi) is 1.93. The first kappa shape index (κ1) is 7.75. The summed E-state index contributed by atoms with van der Waals surface area (Å²) in [4.78, 5) is 4.21. The lowest BCUT2D eigenvalue weighted by atomic mass is 10.1. The minimum Gasteiger partial charge on any atom is -0.256 e. The number of hydrogen-bond donors (Lipinski definition) is 0. The van der Waals surface area contributed by atoms with Gasteiger partial charge in [-0.1, -0.05) is 18.2 Å². The van der Waals surface area contributed by atoms with Crippen molar-refractivity contribution < 1.29 is 0 Å². The number of rotatable bonds is 1. The zero-order valence-electron chi connectivity index (χ0n) is 7.07. The molecule has 1 aromatic heterocycles. The molecule has 1 aromatic carbocycles. The number of benzene rings is 1. The standard InChI is InChI=1S/C11H8N2/c12-7-6-9-3-1-5-11-10(9)4-2-8-13-11/h1-5,8H,6H2. The fraction of sp³-hybridized carbons (Fsp3) is 0.0909. The van der Waals surface area contributed by atoms with Crippen molar-refractivity contribution in [1.82, 2.24) is 4.98 Å². The normalized spacial score (nSPS) is 9.77. The van der Waals surface area contributed by atoms with Crippen molar-refractivity contribution >= 4 is 10.9 Å². The van der Waals surface area contributed by atoms with Crippen molar-refractivity contribution in [3.63, 3.8) is 0 Å². The highest BCUT2D eigenvalue weighted by atomic mass is 14.6. The summed E-state index contributed by atoms with van der Waals surface area (Å²) in [7, 11) is 0. The minimum absolute atomic E-state index is 0.447. The highest BCUT2D eigenvalue weighted by Gasteiger charge is 1.98. The molecule has 0 radical (unpaired) electrons. The third-order valence-corrected chi connectivity index (χ3v) is 2.01. The van der Waals surface area contributed by atoms with Crippen LogP contribution in [-0.2, 0) is 6.42 Å². The van der Waals surface area contributed by atoms with Crippen molar-refractivity contribution in [2.75, 3.05) is 0 Å². The maximum Gasteiger partial charge on any atom is 0.0705 e. The van der Waals surface area contributed by atoms with Crippen LogP contribution < -0.4 is 0 Å². The second kappa shape index (κ2) is 3.24. The molecule has 13 heavy (non-hydrogen) atoms. The quantitative estimate of drug-likeness (QED) is 0.655. The molecule has 2 nitrogen and oxygen atoms in total. The number of aromatic nitrogens is 1. The van der Waals surface area contributed by atoms with Crippen LogP contribution in [0.2, 0.25) is 0 Å². The molecule has 0 aliphatic heterocycles. The Bertz CT molecular complexity index is 463. The first-order valence-corrected chi connectivity index (χ1v) is 4.11. The summed E-state index contributed by atoms with van der Waals surface area (Å²) in [5.41, 5.74) is 2.00. The maximum atomic E-state index is 8.61. The monoisotopic (exact) mass is 168 g/mol. The second-order valence-electron chi connectivity index (χ2n) is 2.82. The molecule has 0 bridgehead atoms. The zero-order chi connectivity index (χ0) is 9.10. The minimum atomic E-state index is 0.447. The molecule has 0 aliphatic rings. The van der Waals surface area contributed by atoms with E-state index in [1.54, 1.807) is 6.20 Å². The van der Waals surface area contributed by atoms with E-state index in [1.165, 1.54) is 0 Å². The predicted molar refractivity (Wildman–Crippen MR) is 51.1 cm³/mol. The second-order valence-corrected chi connectivity index (χ2v) is 2.82. The molecule has 0 fully saturated rings. The van der Waals surface area contributed by atoms with Crippen LogP contribution in [0.4, 0.5) is 0 Å². The van der Waals surface area contributed by atoms with Crippen LogP contribution in [0.5, 0.6) is 0 Å². The summed E-state index contributed by atoms with van der Waals surface area (Å²) in [6.45, 7) is 0. The summed E-state index contributed by atoms with van der Waals surface area (Å²) in [6.07, 6.45) is 2.21. The van der Waals surface area contributed by atoms with Gasteiger partial charge in [0, 0.05) is 11.6 Å². The topological polar surface area (TPSA) is 36.7 Å². The lowest BCUT2D eigenvalue weighted by Gasteiger charge is -2.00. The summed E-state index contributed by atoms with van der Waals surface area (Å²) in [5.74, 6) is 0. The molecular weight excluding hydrogens is 160 g/mol. The van der Waals surface area contributed by atoms with Crippen molar-refractivity contribution in [3.05, 3.63) is 42.1 Å². The molecule has 0 spiro atoms. The van der Waals surface area contributed by atoms with Crippen LogP contribution in [-0.4, -0.2) is 4.98 Å². The summed E-state index contributed by atoms with van der Waals surface area (Å²) < 4.78 is 0. The van der Waals surface area contributed by atoms with Gasteiger partial charge in [-0.15, -0.1) is 0 Å². The number of hydrogen-bond acceptors (Lipinski definition) is 2. The average Bonchev–Trinajstić information content (AvgIpc) is 2.19. The zero-order valence-corrected chi connectivity index (χ0v) is 7.07. The lowest BCUT2D eigenvalue weighted by molar-refractivity contribution is 1.28. The number of nitrogens with zero attached hydrogens (tertiary/aromatic N) is 2. The smallest absolute Gasteiger partial charge is 0.0705 e. The molecule has 62 valence electrons. The first-order valence-electron chi connectivity index (χ1n) is 4.11. The fourth-order valence-corrected chi connectivity index (χ4v) is 1.41. The van der Waals surface area contributed by atoms with Crippen LogP contribution in [0.15, 0.2) is 36.5 Å². The molecule has 2 heteroatoms. The van der Waals surface area contributed by atoms with E-state index in [9.17, 15) is 0 Å². The Morgan fingerprint density at radius 1 is 1.23 bits per heavy atom. The first-order chi connectivity index (χ1) is 6.42. The fourth-order valence-electron chi connectivity index (χ4n) is 1.41. The van der Waals surface area contributed by atoms with Gasteiger partial charge in [0.05, 0.1) is 18.0 Å². The molecule has 0 unspecified atom stereocenters.